The second-order valence-corrected chi connectivity index (χ2v) is 6.61. The highest BCUT2D eigenvalue weighted by Crippen LogP contribution is 2.45. The van der Waals surface area contributed by atoms with Crippen LogP contribution >= 0.6 is 55.2 Å². The van der Waals surface area contributed by atoms with Gasteiger partial charge in [-0.05, 0) is 49.6 Å². The van der Waals surface area contributed by atoms with E-state index < -0.39 is 5.51 Å². The van der Waals surface area contributed by atoms with Gasteiger partial charge in [-0.2, -0.15) is 13.2 Å². The maximum Gasteiger partial charge on any atom is 0.447 e. The zero-order valence-electron chi connectivity index (χ0n) is 8.99. The zero-order chi connectivity index (χ0) is 14.2. The summed E-state index contributed by atoms with van der Waals surface area (Å²) in [6.07, 6.45) is 0. The Morgan fingerprint density at radius 3 is 2.16 bits per heavy atom. The van der Waals surface area contributed by atoms with Crippen molar-refractivity contribution < 1.29 is 13.2 Å². The van der Waals surface area contributed by atoms with Crippen LogP contribution in [0.4, 0.5) is 13.2 Å². The van der Waals surface area contributed by atoms with E-state index in [4.69, 9.17) is 11.6 Å². The Morgan fingerprint density at radius 1 is 1.05 bits per heavy atom. The Morgan fingerprint density at radius 2 is 1.63 bits per heavy atom. The zero-order valence-corrected chi connectivity index (χ0v) is 13.7. The van der Waals surface area contributed by atoms with Gasteiger partial charge in [0.2, 0.25) is 0 Å². The Labute approximate surface area is 133 Å². The minimum absolute atomic E-state index is 0.00400. The van der Waals surface area contributed by atoms with Crippen LogP contribution in [-0.2, 0) is 0 Å². The molecule has 0 atom stereocenters. The molecule has 8 heteroatoms. The quantitative estimate of drug-likeness (QED) is 0.535. The van der Waals surface area contributed by atoms with Crippen molar-refractivity contribution in [2.45, 2.75) is 10.5 Å². The lowest BCUT2D eigenvalue weighted by Crippen LogP contribution is -1.99. The average molecular weight is 435 g/mol. The van der Waals surface area contributed by atoms with E-state index >= 15 is 0 Å². The second-order valence-electron chi connectivity index (χ2n) is 3.51. The molecule has 0 fully saturated rings. The third kappa shape index (κ3) is 3.71. The van der Waals surface area contributed by atoms with Crippen molar-refractivity contribution >= 4 is 55.2 Å². The maximum absolute atomic E-state index is 12.4. The number of alkyl halides is 3. The molecule has 1 nitrogen and oxygen atoms in total. The van der Waals surface area contributed by atoms with Crippen LogP contribution < -0.4 is 0 Å². The van der Waals surface area contributed by atoms with Gasteiger partial charge in [0.1, 0.15) is 0 Å². The molecule has 1 heterocycles. The van der Waals surface area contributed by atoms with Crippen LogP contribution in [0, 0.1) is 0 Å². The van der Waals surface area contributed by atoms with Crippen LogP contribution in [0.15, 0.2) is 38.2 Å². The monoisotopic (exact) mass is 433 g/mol. The predicted molar refractivity (Wildman–Crippen MR) is 78.6 cm³/mol. The SMILES string of the molecule is FC(F)(F)Sc1[nH]c(-c2ccc(Cl)cc2)c(Br)c1Br. The van der Waals surface area contributed by atoms with Gasteiger partial charge < -0.3 is 4.98 Å². The highest BCUT2D eigenvalue weighted by molar-refractivity contribution is 9.13. The van der Waals surface area contributed by atoms with Crippen molar-refractivity contribution in [2.24, 2.45) is 0 Å². The summed E-state index contributed by atoms with van der Waals surface area (Å²) >= 11 is 12.0. The van der Waals surface area contributed by atoms with Gasteiger partial charge in [-0.3, -0.25) is 0 Å². The van der Waals surface area contributed by atoms with Gasteiger partial charge in [0.25, 0.3) is 0 Å². The topological polar surface area (TPSA) is 15.8 Å². The molecule has 0 radical (unpaired) electrons. The minimum Gasteiger partial charge on any atom is -0.348 e. The first kappa shape index (κ1) is 15.3. The van der Waals surface area contributed by atoms with Crippen LogP contribution in [-0.4, -0.2) is 10.5 Å². The van der Waals surface area contributed by atoms with Gasteiger partial charge in [0.15, 0.2) is 0 Å². The summed E-state index contributed by atoms with van der Waals surface area (Å²) in [6, 6.07) is 6.81. The maximum atomic E-state index is 12.4. The summed E-state index contributed by atoms with van der Waals surface area (Å²) in [6.45, 7) is 0. The van der Waals surface area contributed by atoms with Crippen LogP contribution in [0.5, 0.6) is 0 Å². The van der Waals surface area contributed by atoms with Crippen LogP contribution in [0.3, 0.4) is 0 Å². The molecule has 0 amide bonds. The molecule has 2 aromatic rings. The molecule has 0 aliphatic rings. The fourth-order valence-electron chi connectivity index (χ4n) is 1.43. The Hall–Kier alpha value is -0.110. The van der Waals surface area contributed by atoms with Gasteiger partial charge in [0.05, 0.1) is 19.7 Å². The molecule has 1 N–H and O–H groups in total. The Balaban J connectivity index is 2.43. The van der Waals surface area contributed by atoms with E-state index in [1.807, 2.05) is 0 Å². The molecule has 19 heavy (non-hydrogen) atoms. The average Bonchev–Trinajstić information content (AvgIpc) is 2.57. The largest absolute Gasteiger partial charge is 0.447 e. The highest BCUT2D eigenvalue weighted by atomic mass is 79.9. The first-order valence-corrected chi connectivity index (χ1v) is 7.64. The highest BCUT2D eigenvalue weighted by Gasteiger charge is 2.32. The van der Waals surface area contributed by atoms with E-state index in [0.29, 0.717) is 19.7 Å². The summed E-state index contributed by atoms with van der Waals surface area (Å²) in [5.74, 6) is 0. The predicted octanol–water partition coefficient (Wildman–Crippen LogP) is 6.47. The van der Waals surface area contributed by atoms with Gasteiger partial charge in [-0.15, -0.1) is 0 Å². The van der Waals surface area contributed by atoms with Crippen molar-refractivity contribution in [2.75, 3.05) is 0 Å². The Kier molecular flexibility index (Phi) is 4.59. The van der Waals surface area contributed by atoms with Crippen molar-refractivity contribution in [1.82, 2.24) is 4.98 Å². The Bertz CT molecular complexity index is 595. The summed E-state index contributed by atoms with van der Waals surface area (Å²) < 4.78 is 38.1. The van der Waals surface area contributed by atoms with Gasteiger partial charge in [-0.25, -0.2) is 0 Å². The molecule has 0 aliphatic heterocycles. The van der Waals surface area contributed by atoms with Crippen LogP contribution in [0.2, 0.25) is 5.02 Å². The van der Waals surface area contributed by atoms with Crippen molar-refractivity contribution in [1.29, 1.82) is 0 Å². The molecule has 0 bridgehead atoms. The number of benzene rings is 1. The fraction of sp³-hybridized carbons (Fsp3) is 0.0909. The summed E-state index contributed by atoms with van der Waals surface area (Å²) in [4.78, 5) is 2.75. The number of aromatic nitrogens is 1. The third-order valence-corrected chi connectivity index (χ3v) is 5.58. The van der Waals surface area contributed by atoms with E-state index in [-0.39, 0.29) is 16.8 Å². The van der Waals surface area contributed by atoms with E-state index in [1.54, 1.807) is 24.3 Å². The molecule has 2 rings (SSSR count). The molecule has 1 aromatic heterocycles. The van der Waals surface area contributed by atoms with Crippen molar-refractivity contribution in [3.8, 4) is 11.3 Å². The number of hydrogen-bond acceptors (Lipinski definition) is 1. The lowest BCUT2D eigenvalue weighted by molar-refractivity contribution is -0.0329. The molecule has 1 aromatic carbocycles. The normalized spacial score (nSPS) is 11.9. The van der Waals surface area contributed by atoms with E-state index in [9.17, 15) is 13.2 Å². The molecular formula is C11H5Br2ClF3NS. The number of nitrogens with one attached hydrogen (secondary N) is 1. The number of aromatic amines is 1. The van der Waals surface area contributed by atoms with Gasteiger partial charge in [0, 0.05) is 16.8 Å². The lowest BCUT2D eigenvalue weighted by atomic mass is 10.2. The molecule has 0 spiro atoms. The number of rotatable bonds is 2. The molecule has 0 saturated carbocycles. The number of H-pyrrole nitrogens is 1. The molecule has 0 saturated heterocycles. The van der Waals surface area contributed by atoms with Crippen molar-refractivity contribution in [3.05, 3.63) is 38.2 Å². The first-order chi connectivity index (χ1) is 8.78. The summed E-state index contributed by atoms with van der Waals surface area (Å²) in [5, 5.41) is 0.569. The smallest absolute Gasteiger partial charge is 0.348 e. The molecule has 102 valence electrons. The fourth-order valence-corrected chi connectivity index (χ4v) is 3.33. The van der Waals surface area contributed by atoms with E-state index in [1.165, 1.54) is 0 Å². The number of hydrogen-bond donors (Lipinski definition) is 1. The lowest BCUT2D eigenvalue weighted by Gasteiger charge is -2.03. The van der Waals surface area contributed by atoms with Crippen LogP contribution in [0.1, 0.15) is 0 Å². The minimum atomic E-state index is -4.34. The van der Waals surface area contributed by atoms with E-state index in [0.717, 1.165) is 5.56 Å². The van der Waals surface area contributed by atoms with E-state index in [2.05, 4.69) is 36.8 Å². The summed E-state index contributed by atoms with van der Waals surface area (Å²) in [7, 11) is 0. The molecule has 0 unspecified atom stereocenters. The van der Waals surface area contributed by atoms with Gasteiger partial charge >= 0.3 is 5.51 Å². The first-order valence-electron chi connectivity index (χ1n) is 4.86. The second kappa shape index (κ2) is 5.71. The standard InChI is InChI=1S/C11H5Br2ClF3NS/c12-7-8(13)10(19-11(15,16)17)18-9(7)5-1-3-6(14)4-2-5/h1-4,18H. The van der Waals surface area contributed by atoms with Crippen molar-refractivity contribution in [3.63, 3.8) is 0 Å². The molecule has 0 aliphatic carbocycles. The van der Waals surface area contributed by atoms with Gasteiger partial charge in [-0.1, -0.05) is 23.7 Å². The number of halogens is 6. The number of thioether (sulfide) groups is 1. The summed E-state index contributed by atoms with van der Waals surface area (Å²) in [5.41, 5.74) is -3.04. The third-order valence-electron chi connectivity index (χ3n) is 2.20. The molecular weight excluding hydrogens is 430 g/mol. The van der Waals surface area contributed by atoms with Crippen LogP contribution in [0.25, 0.3) is 11.3 Å².